The van der Waals surface area contributed by atoms with E-state index < -0.39 is 0 Å². The Kier molecular flexibility index (Phi) is 6.05. The number of rotatable bonds is 7. The molecule has 1 aliphatic heterocycles. The highest BCUT2D eigenvalue weighted by atomic mass is 16.1. The van der Waals surface area contributed by atoms with Gasteiger partial charge in [-0.2, -0.15) is 5.10 Å². The van der Waals surface area contributed by atoms with Crippen molar-refractivity contribution in [2.24, 2.45) is 0 Å². The van der Waals surface area contributed by atoms with Gasteiger partial charge in [-0.15, -0.1) is 0 Å². The van der Waals surface area contributed by atoms with E-state index in [1.807, 2.05) is 6.20 Å². The zero-order valence-corrected chi connectivity index (χ0v) is 12.5. The van der Waals surface area contributed by atoms with Crippen LogP contribution in [-0.4, -0.2) is 36.0 Å². The molecule has 1 fully saturated rings. The summed E-state index contributed by atoms with van der Waals surface area (Å²) in [4.78, 5) is 14.3. The first kappa shape index (κ1) is 15.0. The molecule has 1 aromatic rings. The average Bonchev–Trinajstić information content (AvgIpc) is 2.49. The molecule has 0 spiro atoms. The summed E-state index contributed by atoms with van der Waals surface area (Å²) in [5, 5.41) is 7.64. The van der Waals surface area contributed by atoms with E-state index in [1.165, 1.54) is 19.3 Å². The van der Waals surface area contributed by atoms with Crippen molar-refractivity contribution < 1.29 is 0 Å². The predicted molar refractivity (Wildman–Crippen MR) is 82.3 cm³/mol. The molecule has 0 aromatic carbocycles. The van der Waals surface area contributed by atoms with Gasteiger partial charge in [0.25, 0.3) is 5.56 Å². The van der Waals surface area contributed by atoms with E-state index in [4.69, 9.17) is 0 Å². The van der Waals surface area contributed by atoms with E-state index in [-0.39, 0.29) is 5.56 Å². The Hall–Kier alpha value is -1.36. The van der Waals surface area contributed by atoms with Crippen LogP contribution in [0.2, 0.25) is 0 Å². The number of nitrogens with zero attached hydrogens (tertiary/aromatic N) is 3. The third-order valence-corrected chi connectivity index (χ3v) is 3.73. The molecule has 5 nitrogen and oxygen atoms in total. The van der Waals surface area contributed by atoms with Gasteiger partial charge >= 0.3 is 0 Å². The lowest BCUT2D eigenvalue weighted by molar-refractivity contribution is 0.519. The molecule has 1 N–H and O–H groups in total. The molecule has 1 aromatic heterocycles. The van der Waals surface area contributed by atoms with Crippen molar-refractivity contribution in [3.8, 4) is 0 Å². The topological polar surface area (TPSA) is 50.2 Å². The molecular formula is C15H26N4O. The fourth-order valence-corrected chi connectivity index (χ4v) is 2.57. The maximum atomic E-state index is 12.1. The summed E-state index contributed by atoms with van der Waals surface area (Å²) in [7, 11) is 0. The molecule has 2 rings (SSSR count). The van der Waals surface area contributed by atoms with Gasteiger partial charge in [0, 0.05) is 25.7 Å². The fourth-order valence-electron chi connectivity index (χ4n) is 2.57. The first-order chi connectivity index (χ1) is 9.81. The number of aryl methyl sites for hydroxylation is 1. The minimum Gasteiger partial charge on any atom is -0.370 e. The molecule has 0 saturated carbocycles. The zero-order chi connectivity index (χ0) is 14.2. The molecule has 0 atom stereocenters. The van der Waals surface area contributed by atoms with E-state index in [0.717, 1.165) is 44.7 Å². The molecule has 0 radical (unpaired) electrons. The average molecular weight is 278 g/mol. The van der Waals surface area contributed by atoms with Crippen molar-refractivity contribution in [2.45, 2.75) is 45.6 Å². The minimum absolute atomic E-state index is 0.0172. The SMILES string of the molecule is CCCNCCCn1ncc(N2CCCCC2)cc1=O. The smallest absolute Gasteiger partial charge is 0.268 e. The third kappa shape index (κ3) is 4.34. The summed E-state index contributed by atoms with van der Waals surface area (Å²) in [5.74, 6) is 0. The summed E-state index contributed by atoms with van der Waals surface area (Å²) >= 11 is 0. The zero-order valence-electron chi connectivity index (χ0n) is 12.5. The van der Waals surface area contributed by atoms with Crippen LogP contribution in [0.4, 0.5) is 5.69 Å². The lowest BCUT2D eigenvalue weighted by Crippen LogP contribution is -2.32. The monoisotopic (exact) mass is 278 g/mol. The van der Waals surface area contributed by atoms with E-state index >= 15 is 0 Å². The van der Waals surface area contributed by atoms with Crippen molar-refractivity contribution in [1.82, 2.24) is 15.1 Å². The van der Waals surface area contributed by atoms with Gasteiger partial charge in [0.2, 0.25) is 0 Å². The highest BCUT2D eigenvalue weighted by Gasteiger charge is 2.12. The van der Waals surface area contributed by atoms with Crippen LogP contribution >= 0.6 is 0 Å². The lowest BCUT2D eigenvalue weighted by atomic mass is 10.1. The van der Waals surface area contributed by atoms with E-state index in [1.54, 1.807) is 10.7 Å². The van der Waals surface area contributed by atoms with Crippen LogP contribution in [0.3, 0.4) is 0 Å². The second-order valence-corrected chi connectivity index (χ2v) is 5.43. The van der Waals surface area contributed by atoms with Gasteiger partial charge in [-0.25, -0.2) is 4.68 Å². The highest BCUT2D eigenvalue weighted by Crippen LogP contribution is 2.16. The van der Waals surface area contributed by atoms with E-state index in [2.05, 4.69) is 22.2 Å². The molecular weight excluding hydrogens is 252 g/mol. The van der Waals surface area contributed by atoms with Gasteiger partial charge in [-0.05, 0) is 45.2 Å². The van der Waals surface area contributed by atoms with Gasteiger partial charge in [-0.3, -0.25) is 4.79 Å². The standard InChI is InChI=1S/C15H26N4O/c1-2-7-16-8-6-11-19-15(20)12-14(13-17-19)18-9-4-3-5-10-18/h12-13,16H,2-11H2,1H3. The maximum Gasteiger partial charge on any atom is 0.268 e. The van der Waals surface area contributed by atoms with Crippen molar-refractivity contribution in [1.29, 1.82) is 0 Å². The Morgan fingerprint density at radius 2 is 2.05 bits per heavy atom. The Morgan fingerprint density at radius 1 is 1.25 bits per heavy atom. The third-order valence-electron chi connectivity index (χ3n) is 3.73. The number of hydrogen-bond donors (Lipinski definition) is 1. The normalized spacial score (nSPS) is 15.6. The predicted octanol–water partition coefficient (Wildman–Crippen LogP) is 1.62. The maximum absolute atomic E-state index is 12.1. The Morgan fingerprint density at radius 3 is 2.75 bits per heavy atom. The molecule has 0 bridgehead atoms. The highest BCUT2D eigenvalue weighted by molar-refractivity contribution is 5.43. The molecule has 20 heavy (non-hydrogen) atoms. The Balaban J connectivity index is 1.87. The number of piperidine rings is 1. The molecule has 112 valence electrons. The lowest BCUT2D eigenvalue weighted by Gasteiger charge is -2.28. The quantitative estimate of drug-likeness (QED) is 0.770. The van der Waals surface area contributed by atoms with Crippen LogP contribution in [-0.2, 0) is 6.54 Å². The fraction of sp³-hybridized carbons (Fsp3) is 0.733. The minimum atomic E-state index is 0.0172. The van der Waals surface area contributed by atoms with Crippen molar-refractivity contribution in [3.63, 3.8) is 0 Å². The molecule has 0 amide bonds. The molecule has 0 aliphatic carbocycles. The van der Waals surface area contributed by atoms with Crippen LogP contribution in [0.25, 0.3) is 0 Å². The van der Waals surface area contributed by atoms with Gasteiger partial charge in [0.15, 0.2) is 0 Å². The van der Waals surface area contributed by atoms with Crippen LogP contribution < -0.4 is 15.8 Å². The largest absolute Gasteiger partial charge is 0.370 e. The summed E-state index contributed by atoms with van der Waals surface area (Å²) in [5.41, 5.74) is 0.999. The summed E-state index contributed by atoms with van der Waals surface area (Å²) in [6.45, 7) is 6.92. The first-order valence-corrected chi connectivity index (χ1v) is 7.84. The van der Waals surface area contributed by atoms with Gasteiger partial charge in [-0.1, -0.05) is 6.92 Å². The molecule has 5 heteroatoms. The molecule has 1 saturated heterocycles. The van der Waals surface area contributed by atoms with Crippen molar-refractivity contribution in [3.05, 3.63) is 22.6 Å². The van der Waals surface area contributed by atoms with Gasteiger partial charge < -0.3 is 10.2 Å². The van der Waals surface area contributed by atoms with E-state index in [9.17, 15) is 4.79 Å². The van der Waals surface area contributed by atoms with Crippen molar-refractivity contribution in [2.75, 3.05) is 31.1 Å². The van der Waals surface area contributed by atoms with Crippen LogP contribution in [0, 0.1) is 0 Å². The van der Waals surface area contributed by atoms with Crippen LogP contribution in [0.5, 0.6) is 0 Å². The summed E-state index contributed by atoms with van der Waals surface area (Å²) < 4.78 is 1.57. The second kappa shape index (κ2) is 8.04. The summed E-state index contributed by atoms with van der Waals surface area (Å²) in [6, 6.07) is 1.73. The summed E-state index contributed by atoms with van der Waals surface area (Å²) in [6.07, 6.45) is 7.65. The molecule has 2 heterocycles. The number of anilines is 1. The second-order valence-electron chi connectivity index (χ2n) is 5.43. The van der Waals surface area contributed by atoms with Gasteiger partial charge in [0.1, 0.15) is 0 Å². The van der Waals surface area contributed by atoms with Crippen LogP contribution in [0.1, 0.15) is 39.0 Å². The number of nitrogens with one attached hydrogen (secondary N) is 1. The Labute approximate surface area is 121 Å². The van der Waals surface area contributed by atoms with E-state index in [0.29, 0.717) is 6.54 Å². The first-order valence-electron chi connectivity index (χ1n) is 7.84. The molecule has 1 aliphatic rings. The Bertz CT molecular complexity index is 451. The van der Waals surface area contributed by atoms with Crippen molar-refractivity contribution >= 4 is 5.69 Å². The molecule has 0 unspecified atom stereocenters. The number of aromatic nitrogens is 2. The van der Waals surface area contributed by atoms with Gasteiger partial charge in [0.05, 0.1) is 11.9 Å². The number of hydrogen-bond acceptors (Lipinski definition) is 4. The van der Waals surface area contributed by atoms with Crippen LogP contribution in [0.15, 0.2) is 17.1 Å².